The van der Waals surface area contributed by atoms with Gasteiger partial charge < -0.3 is 5.73 Å². The van der Waals surface area contributed by atoms with Crippen LogP contribution in [0.15, 0.2) is 5.38 Å². The zero-order valence-electron chi connectivity index (χ0n) is 8.82. The Morgan fingerprint density at radius 1 is 1.64 bits per heavy atom. The van der Waals surface area contributed by atoms with E-state index in [1.54, 1.807) is 11.3 Å². The molecule has 1 atom stereocenters. The van der Waals surface area contributed by atoms with Gasteiger partial charge in [-0.15, -0.1) is 11.3 Å². The summed E-state index contributed by atoms with van der Waals surface area (Å²) in [6.07, 6.45) is 2.29. The molecule has 80 valence electrons. The standard InChI is InChI=1S/C10H18N2S2/c1-3-4-10-12-9(7-14-10)6-13-8(2)5-11/h7-8H,3-6,11H2,1-2H3. The van der Waals surface area contributed by atoms with E-state index in [-0.39, 0.29) is 0 Å². The maximum atomic E-state index is 5.55. The molecule has 1 heterocycles. The number of hydrogen-bond acceptors (Lipinski definition) is 4. The Hall–Kier alpha value is -0.0600. The van der Waals surface area contributed by atoms with Crippen LogP contribution in [-0.2, 0) is 12.2 Å². The molecule has 1 unspecified atom stereocenters. The highest BCUT2D eigenvalue weighted by atomic mass is 32.2. The van der Waals surface area contributed by atoms with E-state index in [4.69, 9.17) is 5.73 Å². The van der Waals surface area contributed by atoms with Crippen LogP contribution < -0.4 is 5.73 Å². The molecule has 2 nitrogen and oxygen atoms in total. The first kappa shape index (κ1) is 12.0. The molecule has 0 spiro atoms. The maximum Gasteiger partial charge on any atom is 0.0928 e. The lowest BCUT2D eigenvalue weighted by atomic mass is 10.3. The first-order chi connectivity index (χ1) is 6.76. The van der Waals surface area contributed by atoms with Gasteiger partial charge in [-0.3, -0.25) is 0 Å². The number of hydrogen-bond donors (Lipinski definition) is 1. The fourth-order valence-corrected chi connectivity index (χ4v) is 2.78. The lowest BCUT2D eigenvalue weighted by molar-refractivity contribution is 0.901. The van der Waals surface area contributed by atoms with Crippen LogP contribution in [0, 0.1) is 0 Å². The molecule has 2 N–H and O–H groups in total. The van der Waals surface area contributed by atoms with Crippen molar-refractivity contribution in [2.45, 2.75) is 37.7 Å². The average molecular weight is 230 g/mol. The topological polar surface area (TPSA) is 38.9 Å². The zero-order chi connectivity index (χ0) is 10.4. The summed E-state index contributed by atoms with van der Waals surface area (Å²) >= 11 is 3.66. The van der Waals surface area contributed by atoms with Gasteiger partial charge in [0.1, 0.15) is 0 Å². The van der Waals surface area contributed by atoms with Crippen molar-refractivity contribution in [3.8, 4) is 0 Å². The predicted octanol–water partition coefficient (Wildman–Crippen LogP) is 2.68. The summed E-state index contributed by atoms with van der Waals surface area (Å²) in [6, 6.07) is 0. The second-order valence-electron chi connectivity index (χ2n) is 3.34. The Balaban J connectivity index is 2.35. The van der Waals surface area contributed by atoms with E-state index in [0.717, 1.165) is 18.7 Å². The summed E-state index contributed by atoms with van der Waals surface area (Å²) in [6.45, 7) is 5.09. The highest BCUT2D eigenvalue weighted by molar-refractivity contribution is 7.99. The molecule has 0 saturated heterocycles. The monoisotopic (exact) mass is 230 g/mol. The summed E-state index contributed by atoms with van der Waals surface area (Å²) in [7, 11) is 0. The summed E-state index contributed by atoms with van der Waals surface area (Å²) in [5.74, 6) is 0.999. The quantitative estimate of drug-likeness (QED) is 0.816. The Labute approximate surface area is 94.3 Å². The molecule has 0 aliphatic heterocycles. The number of nitrogens with two attached hydrogens (primary N) is 1. The van der Waals surface area contributed by atoms with Crippen molar-refractivity contribution in [2.75, 3.05) is 6.54 Å². The molecule has 1 aromatic heterocycles. The molecule has 0 saturated carbocycles. The first-order valence-corrected chi connectivity index (χ1v) is 6.94. The van der Waals surface area contributed by atoms with E-state index in [9.17, 15) is 0 Å². The third-order valence-corrected chi connectivity index (χ3v) is 4.09. The van der Waals surface area contributed by atoms with Crippen LogP contribution in [0.4, 0.5) is 0 Å². The minimum Gasteiger partial charge on any atom is -0.329 e. The van der Waals surface area contributed by atoms with E-state index >= 15 is 0 Å². The molecule has 0 bridgehead atoms. The Morgan fingerprint density at radius 2 is 2.43 bits per heavy atom. The number of thioether (sulfide) groups is 1. The minimum atomic E-state index is 0.534. The molecule has 0 aromatic carbocycles. The fraction of sp³-hybridized carbons (Fsp3) is 0.700. The van der Waals surface area contributed by atoms with Crippen molar-refractivity contribution in [3.05, 3.63) is 16.1 Å². The van der Waals surface area contributed by atoms with Gasteiger partial charge in [-0.2, -0.15) is 11.8 Å². The van der Waals surface area contributed by atoms with E-state index in [2.05, 4.69) is 24.2 Å². The van der Waals surface area contributed by atoms with Gasteiger partial charge in [-0.05, 0) is 12.8 Å². The summed E-state index contributed by atoms with van der Waals surface area (Å²) in [5.41, 5.74) is 6.76. The third kappa shape index (κ3) is 3.98. The molecule has 14 heavy (non-hydrogen) atoms. The van der Waals surface area contributed by atoms with Gasteiger partial charge in [0.05, 0.1) is 10.7 Å². The molecule has 0 radical (unpaired) electrons. The second kappa shape index (κ2) is 6.43. The molecule has 0 fully saturated rings. The number of nitrogens with zero attached hydrogens (tertiary/aromatic N) is 1. The number of thiazole rings is 1. The van der Waals surface area contributed by atoms with Crippen LogP contribution in [0.25, 0.3) is 0 Å². The van der Waals surface area contributed by atoms with E-state index in [1.165, 1.54) is 17.1 Å². The van der Waals surface area contributed by atoms with Crippen LogP contribution in [-0.4, -0.2) is 16.8 Å². The minimum absolute atomic E-state index is 0.534. The molecule has 1 aromatic rings. The summed E-state index contributed by atoms with van der Waals surface area (Å²) in [4.78, 5) is 4.56. The second-order valence-corrected chi connectivity index (χ2v) is 5.71. The molecule has 0 aliphatic rings. The molecule has 4 heteroatoms. The molecular weight excluding hydrogens is 212 g/mol. The van der Waals surface area contributed by atoms with E-state index < -0.39 is 0 Å². The van der Waals surface area contributed by atoms with Crippen molar-refractivity contribution in [3.63, 3.8) is 0 Å². The number of rotatable bonds is 6. The number of aryl methyl sites for hydroxylation is 1. The van der Waals surface area contributed by atoms with Crippen molar-refractivity contribution in [1.29, 1.82) is 0 Å². The Bertz CT molecular complexity index is 260. The first-order valence-electron chi connectivity index (χ1n) is 5.01. The highest BCUT2D eigenvalue weighted by Crippen LogP contribution is 2.19. The van der Waals surface area contributed by atoms with Crippen LogP contribution in [0.1, 0.15) is 31.0 Å². The van der Waals surface area contributed by atoms with Crippen LogP contribution >= 0.6 is 23.1 Å². The fourth-order valence-electron chi connectivity index (χ4n) is 1.04. The van der Waals surface area contributed by atoms with Gasteiger partial charge in [0.15, 0.2) is 0 Å². The SMILES string of the molecule is CCCc1nc(CSC(C)CN)cs1. The molecule has 0 amide bonds. The number of aromatic nitrogens is 1. The highest BCUT2D eigenvalue weighted by Gasteiger charge is 2.04. The smallest absolute Gasteiger partial charge is 0.0928 e. The Morgan fingerprint density at radius 3 is 3.07 bits per heavy atom. The van der Waals surface area contributed by atoms with Crippen molar-refractivity contribution < 1.29 is 0 Å². The lowest BCUT2D eigenvalue weighted by Crippen LogP contribution is -2.12. The lowest BCUT2D eigenvalue weighted by Gasteiger charge is -2.05. The zero-order valence-corrected chi connectivity index (χ0v) is 10.5. The van der Waals surface area contributed by atoms with Gasteiger partial charge in [0.2, 0.25) is 0 Å². The third-order valence-electron chi connectivity index (χ3n) is 1.91. The molecule has 1 rings (SSSR count). The normalized spacial score (nSPS) is 13.1. The van der Waals surface area contributed by atoms with Gasteiger partial charge >= 0.3 is 0 Å². The van der Waals surface area contributed by atoms with Gasteiger partial charge in [0, 0.05) is 22.9 Å². The van der Waals surface area contributed by atoms with E-state index in [1.807, 2.05) is 11.8 Å². The van der Waals surface area contributed by atoms with Crippen molar-refractivity contribution in [1.82, 2.24) is 4.98 Å². The average Bonchev–Trinajstić information content (AvgIpc) is 2.63. The van der Waals surface area contributed by atoms with Crippen LogP contribution in [0.3, 0.4) is 0 Å². The van der Waals surface area contributed by atoms with Gasteiger partial charge in [-0.1, -0.05) is 13.8 Å². The van der Waals surface area contributed by atoms with Crippen molar-refractivity contribution >= 4 is 23.1 Å². The maximum absolute atomic E-state index is 5.55. The van der Waals surface area contributed by atoms with E-state index in [0.29, 0.717) is 5.25 Å². The molecular formula is C10H18N2S2. The largest absolute Gasteiger partial charge is 0.329 e. The van der Waals surface area contributed by atoms with Crippen LogP contribution in [0.2, 0.25) is 0 Å². The Kier molecular flexibility index (Phi) is 5.52. The summed E-state index contributed by atoms with van der Waals surface area (Å²) < 4.78 is 0. The van der Waals surface area contributed by atoms with Crippen molar-refractivity contribution in [2.24, 2.45) is 5.73 Å². The van der Waals surface area contributed by atoms with Crippen LogP contribution in [0.5, 0.6) is 0 Å². The van der Waals surface area contributed by atoms with Gasteiger partial charge in [0.25, 0.3) is 0 Å². The predicted molar refractivity (Wildman–Crippen MR) is 65.9 cm³/mol. The molecule has 0 aliphatic carbocycles. The summed E-state index contributed by atoms with van der Waals surface area (Å²) in [5, 5.41) is 3.97. The van der Waals surface area contributed by atoms with Gasteiger partial charge in [-0.25, -0.2) is 4.98 Å².